The molecular weight excluding hydrogens is 366 g/mol. The van der Waals surface area contributed by atoms with Crippen molar-refractivity contribution in [2.24, 2.45) is 7.05 Å². The summed E-state index contributed by atoms with van der Waals surface area (Å²) in [4.78, 5) is 17.3. The topological polar surface area (TPSA) is 62.6 Å². The summed E-state index contributed by atoms with van der Waals surface area (Å²) in [7, 11) is 1.87. The Kier molecular flexibility index (Phi) is 6.47. The Morgan fingerprint density at radius 3 is 2.41 bits per heavy atom. The number of hydrogen-bond donors (Lipinski definition) is 1. The zero-order valence-corrected chi connectivity index (χ0v) is 18.5. The third-order valence-corrected chi connectivity index (χ3v) is 5.55. The van der Waals surface area contributed by atoms with Gasteiger partial charge in [-0.3, -0.25) is 14.4 Å². The molecule has 0 spiro atoms. The van der Waals surface area contributed by atoms with Crippen LogP contribution in [-0.4, -0.2) is 59.4 Å². The predicted octanol–water partition coefficient (Wildman–Crippen LogP) is 2.89. The molecule has 1 aromatic heterocycles. The van der Waals surface area contributed by atoms with Crippen LogP contribution >= 0.6 is 0 Å². The maximum absolute atomic E-state index is 12.4. The van der Waals surface area contributed by atoms with E-state index in [0.29, 0.717) is 11.8 Å². The first kappa shape index (κ1) is 21.2. The lowest BCUT2D eigenvalue weighted by Gasteiger charge is -2.38. The maximum atomic E-state index is 12.4. The van der Waals surface area contributed by atoms with E-state index in [9.17, 15) is 4.79 Å². The fraction of sp³-hybridized carbons (Fsp3) is 0.545. The van der Waals surface area contributed by atoms with Gasteiger partial charge in [0.15, 0.2) is 12.4 Å². The SMILES string of the molecule is Cc1cc(NC(=O)COc2c(C)nn(C)c2C)cc(N2CCN(C(C)C)CC2)c1. The van der Waals surface area contributed by atoms with E-state index in [4.69, 9.17) is 4.74 Å². The van der Waals surface area contributed by atoms with Gasteiger partial charge in [-0.25, -0.2) is 0 Å². The summed E-state index contributed by atoms with van der Waals surface area (Å²) in [6.45, 7) is 14.4. The van der Waals surface area contributed by atoms with Crippen LogP contribution < -0.4 is 15.0 Å². The smallest absolute Gasteiger partial charge is 0.262 e. The molecule has 0 radical (unpaired) electrons. The summed E-state index contributed by atoms with van der Waals surface area (Å²) in [5, 5.41) is 7.29. The zero-order chi connectivity index (χ0) is 21.1. The molecule has 3 rings (SSSR count). The Morgan fingerprint density at radius 1 is 1.14 bits per heavy atom. The first-order valence-corrected chi connectivity index (χ1v) is 10.3. The number of nitrogens with zero attached hydrogens (tertiary/aromatic N) is 4. The van der Waals surface area contributed by atoms with Crippen molar-refractivity contribution in [3.8, 4) is 5.75 Å². The van der Waals surface area contributed by atoms with E-state index >= 15 is 0 Å². The third kappa shape index (κ3) is 5.09. The van der Waals surface area contributed by atoms with Gasteiger partial charge in [-0.2, -0.15) is 5.10 Å². The highest BCUT2D eigenvalue weighted by molar-refractivity contribution is 5.92. The van der Waals surface area contributed by atoms with E-state index < -0.39 is 0 Å². The van der Waals surface area contributed by atoms with Crippen LogP contribution in [0.3, 0.4) is 0 Å². The van der Waals surface area contributed by atoms with Crippen molar-refractivity contribution in [2.45, 2.75) is 40.7 Å². The van der Waals surface area contributed by atoms with E-state index in [1.54, 1.807) is 4.68 Å². The minimum absolute atomic E-state index is 0.0380. The molecule has 0 aliphatic carbocycles. The first-order chi connectivity index (χ1) is 13.7. The van der Waals surface area contributed by atoms with E-state index in [0.717, 1.165) is 54.5 Å². The highest BCUT2D eigenvalue weighted by atomic mass is 16.5. The molecule has 0 saturated carbocycles. The Balaban J connectivity index is 1.61. The van der Waals surface area contributed by atoms with Crippen molar-refractivity contribution in [1.82, 2.24) is 14.7 Å². The summed E-state index contributed by atoms with van der Waals surface area (Å²) in [5.41, 5.74) is 4.79. The van der Waals surface area contributed by atoms with Gasteiger partial charge in [0.2, 0.25) is 0 Å². The number of amides is 1. The fourth-order valence-electron chi connectivity index (χ4n) is 3.81. The molecule has 1 fully saturated rings. The van der Waals surface area contributed by atoms with Crippen LogP contribution in [0.5, 0.6) is 5.75 Å². The second kappa shape index (κ2) is 8.86. The summed E-state index contributed by atoms with van der Waals surface area (Å²) in [5.74, 6) is 0.504. The number of aromatic nitrogens is 2. The standard InChI is InChI=1S/C22H33N5O2/c1-15(2)26-7-9-27(10-8-26)20-12-16(3)11-19(13-20)23-21(28)14-29-22-17(4)24-25(6)18(22)5/h11-13,15H,7-10,14H2,1-6H3,(H,23,28). The quantitative estimate of drug-likeness (QED) is 0.809. The summed E-state index contributed by atoms with van der Waals surface area (Å²) in [6, 6.07) is 6.80. The first-order valence-electron chi connectivity index (χ1n) is 10.3. The number of rotatable bonds is 6. The van der Waals surface area contributed by atoms with Gasteiger partial charge in [-0.05, 0) is 58.4 Å². The van der Waals surface area contributed by atoms with Gasteiger partial charge in [-0.15, -0.1) is 0 Å². The molecule has 0 unspecified atom stereocenters. The van der Waals surface area contributed by atoms with E-state index in [1.165, 1.54) is 0 Å². The fourth-order valence-corrected chi connectivity index (χ4v) is 3.81. The largest absolute Gasteiger partial charge is 0.480 e. The van der Waals surface area contributed by atoms with Crippen molar-refractivity contribution >= 4 is 17.3 Å². The van der Waals surface area contributed by atoms with Gasteiger partial charge >= 0.3 is 0 Å². The van der Waals surface area contributed by atoms with Crippen molar-refractivity contribution in [3.05, 3.63) is 35.2 Å². The highest BCUT2D eigenvalue weighted by Crippen LogP contribution is 2.24. The lowest BCUT2D eigenvalue weighted by atomic mass is 10.1. The molecule has 2 heterocycles. The van der Waals surface area contributed by atoms with Gasteiger partial charge in [0, 0.05) is 50.6 Å². The lowest BCUT2D eigenvalue weighted by Crippen LogP contribution is -2.48. The number of hydrogen-bond acceptors (Lipinski definition) is 5. The Hall–Kier alpha value is -2.54. The monoisotopic (exact) mass is 399 g/mol. The number of carbonyl (C=O) groups is 1. The Morgan fingerprint density at radius 2 is 1.83 bits per heavy atom. The zero-order valence-electron chi connectivity index (χ0n) is 18.5. The lowest BCUT2D eigenvalue weighted by molar-refractivity contribution is -0.118. The molecule has 7 heteroatoms. The number of carbonyl (C=O) groups excluding carboxylic acids is 1. The predicted molar refractivity (Wildman–Crippen MR) is 117 cm³/mol. The maximum Gasteiger partial charge on any atom is 0.262 e. The summed E-state index contributed by atoms with van der Waals surface area (Å²) < 4.78 is 7.48. The number of anilines is 2. The van der Waals surface area contributed by atoms with Crippen LogP contribution in [0.25, 0.3) is 0 Å². The van der Waals surface area contributed by atoms with E-state index in [1.807, 2.05) is 27.0 Å². The van der Waals surface area contributed by atoms with Crippen LogP contribution in [0.1, 0.15) is 30.8 Å². The normalized spacial score (nSPS) is 15.1. The Bertz CT molecular complexity index is 866. The van der Waals surface area contributed by atoms with Crippen LogP contribution in [0.2, 0.25) is 0 Å². The molecule has 1 saturated heterocycles. The molecule has 1 aliphatic heterocycles. The van der Waals surface area contributed by atoms with Gasteiger partial charge in [0.1, 0.15) is 5.69 Å². The molecule has 0 bridgehead atoms. The van der Waals surface area contributed by atoms with Crippen molar-refractivity contribution in [3.63, 3.8) is 0 Å². The highest BCUT2D eigenvalue weighted by Gasteiger charge is 2.20. The summed E-state index contributed by atoms with van der Waals surface area (Å²) >= 11 is 0. The molecule has 29 heavy (non-hydrogen) atoms. The molecule has 7 nitrogen and oxygen atoms in total. The third-order valence-electron chi connectivity index (χ3n) is 5.55. The molecule has 1 aromatic carbocycles. The average molecular weight is 400 g/mol. The van der Waals surface area contributed by atoms with Gasteiger partial charge in [0.25, 0.3) is 5.91 Å². The molecule has 2 aromatic rings. The van der Waals surface area contributed by atoms with Gasteiger partial charge in [0.05, 0.1) is 5.69 Å². The second-order valence-electron chi connectivity index (χ2n) is 8.13. The van der Waals surface area contributed by atoms with Gasteiger partial charge in [-0.1, -0.05) is 0 Å². The molecule has 1 amide bonds. The number of benzene rings is 1. The minimum atomic E-state index is -0.172. The number of ether oxygens (including phenoxy) is 1. The number of piperazine rings is 1. The average Bonchev–Trinajstić information content (AvgIpc) is 2.91. The summed E-state index contributed by atoms with van der Waals surface area (Å²) in [6.07, 6.45) is 0. The Labute approximate surface area is 173 Å². The van der Waals surface area contributed by atoms with Crippen LogP contribution in [0, 0.1) is 20.8 Å². The van der Waals surface area contributed by atoms with Crippen molar-refractivity contribution < 1.29 is 9.53 Å². The van der Waals surface area contributed by atoms with Crippen LogP contribution in [0.15, 0.2) is 18.2 Å². The molecule has 158 valence electrons. The van der Waals surface area contributed by atoms with Crippen molar-refractivity contribution in [1.29, 1.82) is 0 Å². The van der Waals surface area contributed by atoms with Crippen molar-refractivity contribution in [2.75, 3.05) is 43.0 Å². The molecule has 1 N–H and O–H groups in total. The molecule has 1 aliphatic rings. The minimum Gasteiger partial charge on any atom is -0.480 e. The van der Waals surface area contributed by atoms with Crippen LogP contribution in [0.4, 0.5) is 11.4 Å². The molecular formula is C22H33N5O2. The molecule has 0 atom stereocenters. The van der Waals surface area contributed by atoms with E-state index in [-0.39, 0.29) is 12.5 Å². The van der Waals surface area contributed by atoms with Gasteiger partial charge < -0.3 is 15.0 Å². The van der Waals surface area contributed by atoms with E-state index in [2.05, 4.69) is 53.1 Å². The number of aryl methyl sites for hydroxylation is 3. The number of nitrogens with one attached hydrogen (secondary N) is 1. The van der Waals surface area contributed by atoms with Crippen LogP contribution in [-0.2, 0) is 11.8 Å². The second-order valence-corrected chi connectivity index (χ2v) is 8.13.